The first-order chi connectivity index (χ1) is 10.1. The van der Waals surface area contributed by atoms with Crippen molar-refractivity contribution >= 4 is 23.1 Å². The van der Waals surface area contributed by atoms with Crippen LogP contribution in [0, 0.1) is 5.41 Å². The maximum atomic E-state index is 7.81. The topological polar surface area (TPSA) is 56.4 Å². The van der Waals surface area contributed by atoms with Crippen LogP contribution in [0.1, 0.15) is 31.7 Å². The van der Waals surface area contributed by atoms with Crippen molar-refractivity contribution in [3.63, 3.8) is 0 Å². The number of benzene rings is 1. The van der Waals surface area contributed by atoms with Gasteiger partial charge in [-0.05, 0) is 44.5 Å². The zero-order valence-corrected chi connectivity index (χ0v) is 13.2. The Morgan fingerprint density at radius 3 is 2.90 bits per heavy atom. The van der Waals surface area contributed by atoms with E-state index in [1.165, 1.54) is 25.8 Å². The van der Waals surface area contributed by atoms with Crippen LogP contribution in [0.2, 0.25) is 5.02 Å². The number of nitrogens with zero attached hydrogens (tertiary/aromatic N) is 2. The fraction of sp³-hybridized carbons (Fsp3) is 0.562. The fourth-order valence-corrected chi connectivity index (χ4v) is 3.82. The number of fused-ring (bicyclic) bond motifs is 1. The molecule has 1 aromatic rings. The zero-order valence-electron chi connectivity index (χ0n) is 12.5. The number of piperidine rings is 1. The van der Waals surface area contributed by atoms with Crippen molar-refractivity contribution < 1.29 is 0 Å². The van der Waals surface area contributed by atoms with E-state index >= 15 is 0 Å². The molecule has 2 saturated heterocycles. The van der Waals surface area contributed by atoms with Crippen molar-refractivity contribution in [3.05, 3.63) is 28.8 Å². The summed E-state index contributed by atoms with van der Waals surface area (Å²) in [7, 11) is 0. The minimum Gasteiger partial charge on any atom is -0.384 e. The highest BCUT2D eigenvalue weighted by Gasteiger charge is 2.34. The van der Waals surface area contributed by atoms with E-state index in [0.717, 1.165) is 24.3 Å². The van der Waals surface area contributed by atoms with Crippen LogP contribution < -0.4 is 10.6 Å². The normalized spacial score (nSPS) is 26.5. The van der Waals surface area contributed by atoms with E-state index in [2.05, 4.69) is 16.7 Å². The van der Waals surface area contributed by atoms with Crippen molar-refractivity contribution in [2.75, 3.05) is 24.5 Å². The molecule has 2 atom stereocenters. The van der Waals surface area contributed by atoms with Gasteiger partial charge in [-0.15, -0.1) is 0 Å². The molecule has 0 aliphatic carbocycles. The Morgan fingerprint density at radius 2 is 2.14 bits per heavy atom. The lowest BCUT2D eigenvalue weighted by atomic mass is 9.96. The Kier molecular flexibility index (Phi) is 4.09. The van der Waals surface area contributed by atoms with Crippen molar-refractivity contribution in [2.24, 2.45) is 5.73 Å². The zero-order chi connectivity index (χ0) is 15.0. The Labute approximate surface area is 131 Å². The van der Waals surface area contributed by atoms with Crippen LogP contribution in [0.4, 0.5) is 5.69 Å². The molecule has 2 unspecified atom stereocenters. The van der Waals surface area contributed by atoms with Gasteiger partial charge in [0.15, 0.2) is 0 Å². The Hall–Kier alpha value is -1.26. The molecule has 4 nitrogen and oxygen atoms in total. The average Bonchev–Trinajstić information content (AvgIpc) is 2.46. The lowest BCUT2D eigenvalue weighted by Gasteiger charge is -2.48. The monoisotopic (exact) mass is 306 g/mol. The molecule has 0 amide bonds. The number of nitrogen functional groups attached to an aromatic ring is 1. The van der Waals surface area contributed by atoms with E-state index in [-0.39, 0.29) is 5.84 Å². The second-order valence-corrected chi connectivity index (χ2v) is 6.66. The number of piperazine rings is 1. The van der Waals surface area contributed by atoms with Gasteiger partial charge in [0.1, 0.15) is 5.84 Å². The third kappa shape index (κ3) is 2.87. The lowest BCUT2D eigenvalue weighted by Crippen LogP contribution is -2.59. The first kappa shape index (κ1) is 14.7. The number of hydrogen-bond donors (Lipinski definition) is 2. The standard InChI is InChI=1S/C16H23ClN4/c1-11-9-20-7-3-2-4-13(20)10-21(11)15-8-12(17)5-6-14(15)16(18)19/h5-6,8,11,13H,2-4,7,9-10H2,1H3,(H3,18,19). The van der Waals surface area contributed by atoms with E-state index < -0.39 is 0 Å². The third-order valence-electron chi connectivity index (χ3n) is 4.75. The molecule has 2 aliphatic rings. The highest BCUT2D eigenvalue weighted by molar-refractivity contribution is 6.31. The highest BCUT2D eigenvalue weighted by atomic mass is 35.5. The fourth-order valence-electron chi connectivity index (χ4n) is 3.66. The number of anilines is 1. The van der Waals surface area contributed by atoms with Crippen molar-refractivity contribution in [1.82, 2.24) is 4.90 Å². The molecule has 21 heavy (non-hydrogen) atoms. The number of rotatable bonds is 2. The van der Waals surface area contributed by atoms with E-state index in [1.807, 2.05) is 18.2 Å². The van der Waals surface area contributed by atoms with Gasteiger partial charge in [0, 0.05) is 41.4 Å². The van der Waals surface area contributed by atoms with Crippen LogP contribution >= 0.6 is 11.6 Å². The van der Waals surface area contributed by atoms with Gasteiger partial charge in [0.2, 0.25) is 0 Å². The molecule has 0 aromatic heterocycles. The molecule has 3 rings (SSSR count). The predicted molar refractivity (Wildman–Crippen MR) is 88.5 cm³/mol. The summed E-state index contributed by atoms with van der Waals surface area (Å²) in [6.07, 6.45) is 3.90. The molecular weight excluding hydrogens is 284 g/mol. The maximum absolute atomic E-state index is 7.81. The van der Waals surface area contributed by atoms with Crippen LogP contribution in [0.15, 0.2) is 18.2 Å². The summed E-state index contributed by atoms with van der Waals surface area (Å²) in [4.78, 5) is 5.00. The molecule has 5 heteroatoms. The molecule has 0 bridgehead atoms. The third-order valence-corrected chi connectivity index (χ3v) is 4.98. The molecule has 114 valence electrons. The van der Waals surface area contributed by atoms with Crippen LogP contribution in [0.25, 0.3) is 0 Å². The minimum atomic E-state index is 0.111. The number of hydrogen-bond acceptors (Lipinski definition) is 3. The summed E-state index contributed by atoms with van der Waals surface area (Å²) in [6, 6.07) is 6.65. The van der Waals surface area contributed by atoms with Crippen LogP contribution in [0.5, 0.6) is 0 Å². The van der Waals surface area contributed by atoms with Crippen molar-refractivity contribution in [3.8, 4) is 0 Å². The first-order valence-electron chi connectivity index (χ1n) is 7.71. The molecule has 0 saturated carbocycles. The van der Waals surface area contributed by atoms with Gasteiger partial charge in [-0.3, -0.25) is 10.3 Å². The lowest BCUT2D eigenvalue weighted by molar-refractivity contribution is 0.115. The SMILES string of the molecule is CC1CN2CCCCC2CN1c1cc(Cl)ccc1C(=N)N. The van der Waals surface area contributed by atoms with E-state index in [0.29, 0.717) is 17.1 Å². The molecule has 3 N–H and O–H groups in total. The second kappa shape index (κ2) is 5.85. The van der Waals surface area contributed by atoms with E-state index in [4.69, 9.17) is 22.7 Å². The maximum Gasteiger partial charge on any atom is 0.124 e. The van der Waals surface area contributed by atoms with Crippen LogP contribution in [-0.4, -0.2) is 42.5 Å². The molecule has 2 aliphatic heterocycles. The van der Waals surface area contributed by atoms with Crippen LogP contribution in [-0.2, 0) is 0 Å². The predicted octanol–water partition coefficient (Wildman–Crippen LogP) is 2.69. The number of nitrogens with two attached hydrogens (primary N) is 1. The summed E-state index contributed by atoms with van der Waals surface area (Å²) in [5.74, 6) is 0.111. The van der Waals surface area contributed by atoms with Gasteiger partial charge >= 0.3 is 0 Å². The van der Waals surface area contributed by atoms with Crippen molar-refractivity contribution in [2.45, 2.75) is 38.3 Å². The average molecular weight is 307 g/mol. The summed E-state index contributed by atoms with van der Waals surface area (Å²) in [6.45, 7) is 5.55. The molecular formula is C16H23ClN4. The summed E-state index contributed by atoms with van der Waals surface area (Å²) in [5.41, 5.74) is 7.55. The highest BCUT2D eigenvalue weighted by Crippen LogP contribution is 2.31. The largest absolute Gasteiger partial charge is 0.384 e. The molecule has 1 aromatic carbocycles. The molecule has 2 heterocycles. The summed E-state index contributed by atoms with van der Waals surface area (Å²) < 4.78 is 0. The van der Waals surface area contributed by atoms with Gasteiger partial charge in [0.05, 0.1) is 0 Å². The minimum absolute atomic E-state index is 0.111. The first-order valence-corrected chi connectivity index (χ1v) is 8.08. The number of halogens is 1. The summed E-state index contributed by atoms with van der Waals surface area (Å²) >= 11 is 6.18. The van der Waals surface area contributed by atoms with E-state index in [1.54, 1.807) is 0 Å². The van der Waals surface area contributed by atoms with Gasteiger partial charge < -0.3 is 10.6 Å². The van der Waals surface area contributed by atoms with Gasteiger partial charge in [-0.1, -0.05) is 18.0 Å². The Bertz CT molecular complexity index is 545. The van der Waals surface area contributed by atoms with Crippen molar-refractivity contribution in [1.29, 1.82) is 5.41 Å². The van der Waals surface area contributed by atoms with Gasteiger partial charge in [-0.2, -0.15) is 0 Å². The quantitative estimate of drug-likeness (QED) is 0.652. The molecule has 0 spiro atoms. The van der Waals surface area contributed by atoms with Crippen LogP contribution in [0.3, 0.4) is 0 Å². The van der Waals surface area contributed by atoms with Gasteiger partial charge in [-0.25, -0.2) is 0 Å². The molecule has 2 fully saturated rings. The summed E-state index contributed by atoms with van der Waals surface area (Å²) in [5, 5.41) is 8.51. The smallest absolute Gasteiger partial charge is 0.124 e. The Morgan fingerprint density at radius 1 is 1.33 bits per heavy atom. The number of nitrogens with one attached hydrogen (secondary N) is 1. The second-order valence-electron chi connectivity index (χ2n) is 6.22. The van der Waals surface area contributed by atoms with Gasteiger partial charge in [0.25, 0.3) is 0 Å². The number of amidine groups is 1. The Balaban J connectivity index is 1.92. The molecule has 0 radical (unpaired) electrons. The van der Waals surface area contributed by atoms with E-state index in [9.17, 15) is 0 Å².